The molecule has 5 nitrogen and oxygen atoms in total. The molecular weight excluding hydrogens is 234 g/mol. The van der Waals surface area contributed by atoms with Gasteiger partial charge in [-0.3, -0.25) is 0 Å². The van der Waals surface area contributed by atoms with Crippen molar-refractivity contribution in [1.82, 2.24) is 0 Å². The van der Waals surface area contributed by atoms with Crippen LogP contribution in [0.25, 0.3) is 0 Å². The number of carbonyl (C=O) groups is 1. The number of esters is 1. The van der Waals surface area contributed by atoms with Gasteiger partial charge in [0.1, 0.15) is 11.9 Å². The monoisotopic (exact) mass is 251 g/mol. The van der Waals surface area contributed by atoms with Gasteiger partial charge < -0.3 is 19.9 Å². The molecule has 0 atom stereocenters. The molecule has 1 fully saturated rings. The van der Waals surface area contributed by atoms with Crippen molar-refractivity contribution >= 4 is 11.7 Å². The maximum atomic E-state index is 11.4. The Bertz CT molecular complexity index is 427. The number of hydrogen-bond donors (Lipinski definition) is 1. The Morgan fingerprint density at radius 3 is 2.78 bits per heavy atom. The van der Waals surface area contributed by atoms with Gasteiger partial charge in [0, 0.05) is 12.8 Å². The fraction of sp³-hybridized carbons (Fsp3) is 0.462. The van der Waals surface area contributed by atoms with Crippen molar-refractivity contribution in [3.63, 3.8) is 0 Å². The number of rotatable bonds is 3. The fourth-order valence-electron chi connectivity index (χ4n) is 1.85. The smallest absolute Gasteiger partial charge is 0.337 e. The van der Waals surface area contributed by atoms with Crippen LogP contribution in [-0.4, -0.2) is 32.4 Å². The van der Waals surface area contributed by atoms with Crippen molar-refractivity contribution in [2.24, 2.45) is 0 Å². The van der Waals surface area contributed by atoms with Crippen molar-refractivity contribution in [2.75, 3.05) is 26.1 Å². The molecule has 1 saturated heterocycles. The topological polar surface area (TPSA) is 70.8 Å². The van der Waals surface area contributed by atoms with Crippen molar-refractivity contribution < 1.29 is 19.0 Å². The van der Waals surface area contributed by atoms with Gasteiger partial charge in [-0.25, -0.2) is 4.79 Å². The third-order valence-electron chi connectivity index (χ3n) is 2.90. The van der Waals surface area contributed by atoms with E-state index in [4.69, 9.17) is 15.2 Å². The SMILES string of the molecule is COC(=O)c1ccc(N)c(OC2CCOCC2)c1. The molecule has 18 heavy (non-hydrogen) atoms. The molecule has 2 rings (SSSR count). The molecule has 1 aromatic rings. The molecular formula is C13H17NO4. The second-order valence-corrected chi connectivity index (χ2v) is 4.17. The number of nitrogen functional groups attached to an aromatic ring is 1. The second-order valence-electron chi connectivity index (χ2n) is 4.17. The van der Waals surface area contributed by atoms with E-state index in [1.807, 2.05) is 0 Å². The number of benzene rings is 1. The molecule has 1 aromatic carbocycles. The van der Waals surface area contributed by atoms with E-state index < -0.39 is 5.97 Å². The highest BCUT2D eigenvalue weighted by atomic mass is 16.5. The van der Waals surface area contributed by atoms with Crippen LogP contribution in [0.4, 0.5) is 5.69 Å². The predicted octanol–water partition coefficient (Wildman–Crippen LogP) is 1.61. The molecule has 0 radical (unpaired) electrons. The third-order valence-corrected chi connectivity index (χ3v) is 2.90. The first-order chi connectivity index (χ1) is 8.70. The summed E-state index contributed by atoms with van der Waals surface area (Å²) in [6.45, 7) is 1.39. The highest BCUT2D eigenvalue weighted by Gasteiger charge is 2.17. The Morgan fingerprint density at radius 2 is 2.11 bits per heavy atom. The number of carbonyl (C=O) groups excluding carboxylic acids is 1. The molecule has 0 unspecified atom stereocenters. The zero-order valence-corrected chi connectivity index (χ0v) is 10.3. The van der Waals surface area contributed by atoms with E-state index in [0.29, 0.717) is 30.2 Å². The van der Waals surface area contributed by atoms with Gasteiger partial charge in [-0.1, -0.05) is 0 Å². The predicted molar refractivity (Wildman–Crippen MR) is 66.7 cm³/mol. The summed E-state index contributed by atoms with van der Waals surface area (Å²) in [6, 6.07) is 4.90. The Kier molecular flexibility index (Phi) is 4.04. The summed E-state index contributed by atoms with van der Waals surface area (Å²) in [5.41, 5.74) is 6.80. The zero-order valence-electron chi connectivity index (χ0n) is 10.3. The molecule has 0 spiro atoms. The Balaban J connectivity index is 2.12. The lowest BCUT2D eigenvalue weighted by Gasteiger charge is -2.24. The van der Waals surface area contributed by atoms with Gasteiger partial charge in [-0.05, 0) is 18.2 Å². The largest absolute Gasteiger partial charge is 0.488 e. The van der Waals surface area contributed by atoms with Crippen LogP contribution in [-0.2, 0) is 9.47 Å². The standard InChI is InChI=1S/C13H17NO4/c1-16-13(15)9-2-3-11(14)12(8-9)18-10-4-6-17-7-5-10/h2-3,8,10H,4-7,14H2,1H3. The first-order valence-corrected chi connectivity index (χ1v) is 5.93. The summed E-state index contributed by atoms with van der Waals surface area (Å²) in [7, 11) is 1.34. The van der Waals surface area contributed by atoms with Crippen LogP contribution in [0.5, 0.6) is 5.75 Å². The number of hydrogen-bond acceptors (Lipinski definition) is 5. The third kappa shape index (κ3) is 2.92. The Morgan fingerprint density at radius 1 is 1.39 bits per heavy atom. The summed E-state index contributed by atoms with van der Waals surface area (Å²) in [5.74, 6) is 0.136. The lowest BCUT2D eigenvalue weighted by molar-refractivity contribution is 0.0257. The normalized spacial score (nSPS) is 16.3. The molecule has 0 bridgehead atoms. The molecule has 0 saturated carbocycles. The summed E-state index contributed by atoms with van der Waals surface area (Å²) >= 11 is 0. The second kappa shape index (κ2) is 5.73. The Labute approximate surface area is 106 Å². The van der Waals surface area contributed by atoms with E-state index in [-0.39, 0.29) is 6.10 Å². The van der Waals surface area contributed by atoms with Crippen LogP contribution >= 0.6 is 0 Å². The highest BCUT2D eigenvalue weighted by molar-refractivity contribution is 5.90. The van der Waals surface area contributed by atoms with Crippen LogP contribution in [0.2, 0.25) is 0 Å². The summed E-state index contributed by atoms with van der Waals surface area (Å²) in [6.07, 6.45) is 1.76. The summed E-state index contributed by atoms with van der Waals surface area (Å²) in [5, 5.41) is 0. The number of anilines is 1. The van der Waals surface area contributed by atoms with Crippen LogP contribution in [0.1, 0.15) is 23.2 Å². The zero-order chi connectivity index (χ0) is 13.0. The average molecular weight is 251 g/mol. The lowest BCUT2D eigenvalue weighted by Crippen LogP contribution is -2.26. The van der Waals surface area contributed by atoms with Gasteiger partial charge in [0.15, 0.2) is 0 Å². The molecule has 1 aliphatic heterocycles. The Hall–Kier alpha value is -1.75. The molecule has 0 aromatic heterocycles. The van der Waals surface area contributed by atoms with Gasteiger partial charge >= 0.3 is 5.97 Å². The van der Waals surface area contributed by atoms with E-state index in [1.165, 1.54) is 7.11 Å². The lowest BCUT2D eigenvalue weighted by atomic mass is 10.1. The van der Waals surface area contributed by atoms with E-state index in [1.54, 1.807) is 18.2 Å². The van der Waals surface area contributed by atoms with E-state index in [0.717, 1.165) is 12.8 Å². The van der Waals surface area contributed by atoms with Crippen molar-refractivity contribution in [3.05, 3.63) is 23.8 Å². The van der Waals surface area contributed by atoms with E-state index >= 15 is 0 Å². The molecule has 0 amide bonds. The molecule has 98 valence electrons. The maximum absolute atomic E-state index is 11.4. The fourth-order valence-corrected chi connectivity index (χ4v) is 1.85. The van der Waals surface area contributed by atoms with Gasteiger partial charge in [-0.15, -0.1) is 0 Å². The van der Waals surface area contributed by atoms with Crippen LogP contribution in [0, 0.1) is 0 Å². The maximum Gasteiger partial charge on any atom is 0.337 e. The van der Waals surface area contributed by atoms with Crippen molar-refractivity contribution in [1.29, 1.82) is 0 Å². The van der Waals surface area contributed by atoms with Gasteiger partial charge in [-0.2, -0.15) is 0 Å². The van der Waals surface area contributed by atoms with Crippen molar-refractivity contribution in [3.8, 4) is 5.75 Å². The number of methoxy groups -OCH3 is 1. The minimum absolute atomic E-state index is 0.0916. The summed E-state index contributed by atoms with van der Waals surface area (Å²) < 4.78 is 15.7. The van der Waals surface area contributed by atoms with Crippen LogP contribution in [0.3, 0.4) is 0 Å². The summed E-state index contributed by atoms with van der Waals surface area (Å²) in [4.78, 5) is 11.4. The minimum Gasteiger partial charge on any atom is -0.488 e. The molecule has 2 N–H and O–H groups in total. The first kappa shape index (κ1) is 12.7. The van der Waals surface area contributed by atoms with E-state index in [2.05, 4.69) is 4.74 Å². The van der Waals surface area contributed by atoms with E-state index in [9.17, 15) is 4.79 Å². The van der Waals surface area contributed by atoms with Gasteiger partial charge in [0.2, 0.25) is 0 Å². The van der Waals surface area contributed by atoms with Gasteiger partial charge in [0.25, 0.3) is 0 Å². The highest BCUT2D eigenvalue weighted by Crippen LogP contribution is 2.26. The molecule has 0 aliphatic carbocycles. The minimum atomic E-state index is -0.396. The van der Waals surface area contributed by atoms with Crippen molar-refractivity contribution in [2.45, 2.75) is 18.9 Å². The molecule has 5 heteroatoms. The van der Waals surface area contributed by atoms with Gasteiger partial charge in [0.05, 0.1) is 31.6 Å². The molecule has 1 aliphatic rings. The quantitative estimate of drug-likeness (QED) is 0.653. The molecule has 1 heterocycles. The number of nitrogens with two attached hydrogens (primary N) is 1. The van der Waals surface area contributed by atoms with Crippen LogP contribution < -0.4 is 10.5 Å². The first-order valence-electron chi connectivity index (χ1n) is 5.93. The van der Waals surface area contributed by atoms with Crippen LogP contribution in [0.15, 0.2) is 18.2 Å². The number of ether oxygens (including phenoxy) is 3. The average Bonchev–Trinajstić information content (AvgIpc) is 2.41.